The summed E-state index contributed by atoms with van der Waals surface area (Å²) in [5.41, 5.74) is 0. The molecule has 1 aromatic rings. The molecule has 0 amide bonds. The number of ether oxygens (including phenoxy) is 3. The first-order valence-corrected chi connectivity index (χ1v) is 11.5. The zero-order valence-corrected chi connectivity index (χ0v) is 18.1. The molecule has 0 spiro atoms. The lowest BCUT2D eigenvalue weighted by molar-refractivity contribution is 0.112. The van der Waals surface area contributed by atoms with Crippen molar-refractivity contribution < 1.29 is 14.2 Å². The van der Waals surface area contributed by atoms with Crippen molar-refractivity contribution in [3.8, 4) is 11.5 Å². The number of halogens is 1. The number of hydrogen-bond acceptors (Lipinski definition) is 3. The molecule has 150 valence electrons. The number of alkyl halides is 1. The van der Waals surface area contributed by atoms with Crippen LogP contribution in [0.2, 0.25) is 0 Å². The van der Waals surface area contributed by atoms with E-state index >= 15 is 0 Å². The van der Waals surface area contributed by atoms with Gasteiger partial charge in [0, 0.05) is 5.33 Å². The smallest absolute Gasteiger partial charge is 0.119 e. The van der Waals surface area contributed by atoms with Gasteiger partial charge in [-0.15, -0.1) is 0 Å². The zero-order valence-electron chi connectivity index (χ0n) is 16.5. The highest BCUT2D eigenvalue weighted by atomic mass is 79.9. The lowest BCUT2D eigenvalue weighted by Gasteiger charge is -2.09. The van der Waals surface area contributed by atoms with E-state index in [0.29, 0.717) is 13.2 Å². The normalized spacial score (nSPS) is 10.8. The first-order chi connectivity index (χ1) is 12.9. The Bertz CT molecular complexity index is 408. The minimum absolute atomic E-state index is 0.575. The SMILES string of the molecule is CCCCCCCCCCCCOc1ccc(OCCOCCBr)cc1. The van der Waals surface area contributed by atoms with Crippen molar-refractivity contribution in [2.75, 3.05) is 31.8 Å². The molecule has 0 aliphatic heterocycles. The van der Waals surface area contributed by atoms with Crippen LogP contribution in [0.5, 0.6) is 11.5 Å². The monoisotopic (exact) mass is 428 g/mol. The van der Waals surface area contributed by atoms with Crippen molar-refractivity contribution in [2.45, 2.75) is 71.1 Å². The molecule has 0 atom stereocenters. The summed E-state index contributed by atoms with van der Waals surface area (Å²) in [5.74, 6) is 1.78. The van der Waals surface area contributed by atoms with Gasteiger partial charge in [-0.3, -0.25) is 0 Å². The fourth-order valence-corrected chi connectivity index (χ4v) is 3.02. The van der Waals surface area contributed by atoms with E-state index in [1.54, 1.807) is 0 Å². The maximum Gasteiger partial charge on any atom is 0.119 e. The second-order valence-electron chi connectivity index (χ2n) is 6.65. The van der Waals surface area contributed by atoms with Crippen LogP contribution < -0.4 is 9.47 Å². The van der Waals surface area contributed by atoms with Crippen LogP contribution in [0.15, 0.2) is 24.3 Å². The number of benzene rings is 1. The van der Waals surface area contributed by atoms with Gasteiger partial charge in [-0.1, -0.05) is 80.6 Å². The van der Waals surface area contributed by atoms with Gasteiger partial charge in [-0.25, -0.2) is 0 Å². The van der Waals surface area contributed by atoms with Gasteiger partial charge in [0.25, 0.3) is 0 Å². The fraction of sp³-hybridized carbons (Fsp3) is 0.727. The Balaban J connectivity index is 1.94. The zero-order chi connectivity index (χ0) is 18.7. The molecule has 0 aliphatic rings. The van der Waals surface area contributed by atoms with Gasteiger partial charge >= 0.3 is 0 Å². The molecule has 0 aliphatic carbocycles. The molecule has 0 radical (unpaired) electrons. The van der Waals surface area contributed by atoms with Gasteiger partial charge in [0.2, 0.25) is 0 Å². The summed E-state index contributed by atoms with van der Waals surface area (Å²) in [4.78, 5) is 0. The molecule has 0 saturated heterocycles. The van der Waals surface area contributed by atoms with Gasteiger partial charge in [-0.05, 0) is 30.7 Å². The fourth-order valence-electron chi connectivity index (χ4n) is 2.79. The third kappa shape index (κ3) is 13.5. The molecule has 0 aromatic heterocycles. The van der Waals surface area contributed by atoms with E-state index in [2.05, 4.69) is 22.9 Å². The quantitative estimate of drug-likeness (QED) is 0.190. The minimum atomic E-state index is 0.575. The van der Waals surface area contributed by atoms with Crippen LogP contribution in [0.4, 0.5) is 0 Å². The summed E-state index contributed by atoms with van der Waals surface area (Å²) in [6.07, 6.45) is 13.5. The van der Waals surface area contributed by atoms with Crippen LogP contribution in [-0.2, 0) is 4.74 Å². The van der Waals surface area contributed by atoms with E-state index in [9.17, 15) is 0 Å². The second-order valence-corrected chi connectivity index (χ2v) is 7.44. The van der Waals surface area contributed by atoms with Crippen molar-refractivity contribution in [2.24, 2.45) is 0 Å². The summed E-state index contributed by atoms with van der Waals surface area (Å²) in [6, 6.07) is 7.87. The Hall–Kier alpha value is -0.740. The number of unbranched alkanes of at least 4 members (excludes halogenated alkanes) is 9. The first kappa shape index (κ1) is 23.3. The van der Waals surface area contributed by atoms with Gasteiger partial charge in [-0.2, -0.15) is 0 Å². The molecule has 0 N–H and O–H groups in total. The molecule has 1 aromatic carbocycles. The molecule has 0 fully saturated rings. The average Bonchev–Trinajstić information content (AvgIpc) is 2.67. The highest BCUT2D eigenvalue weighted by molar-refractivity contribution is 9.09. The molecule has 0 heterocycles. The van der Waals surface area contributed by atoms with Crippen molar-refractivity contribution >= 4 is 15.9 Å². The largest absolute Gasteiger partial charge is 0.494 e. The van der Waals surface area contributed by atoms with Crippen LogP contribution in [0.3, 0.4) is 0 Å². The highest BCUT2D eigenvalue weighted by Gasteiger charge is 1.98. The summed E-state index contributed by atoms with van der Waals surface area (Å²) >= 11 is 3.33. The average molecular weight is 429 g/mol. The Kier molecular flexibility index (Phi) is 15.8. The summed E-state index contributed by atoms with van der Waals surface area (Å²) in [5, 5.41) is 0.859. The Morgan fingerprint density at radius 2 is 1.12 bits per heavy atom. The molecule has 26 heavy (non-hydrogen) atoms. The summed E-state index contributed by atoms with van der Waals surface area (Å²) in [6.45, 7) is 4.98. The predicted molar refractivity (Wildman–Crippen MR) is 114 cm³/mol. The first-order valence-electron chi connectivity index (χ1n) is 10.4. The van der Waals surface area contributed by atoms with Crippen LogP contribution in [0.25, 0.3) is 0 Å². The molecule has 0 saturated carbocycles. The Morgan fingerprint density at radius 1 is 0.615 bits per heavy atom. The lowest BCUT2D eigenvalue weighted by atomic mass is 10.1. The van der Waals surface area contributed by atoms with Gasteiger partial charge in [0.05, 0.1) is 19.8 Å². The Labute approximate surface area is 168 Å². The summed E-state index contributed by atoms with van der Waals surface area (Å²) in [7, 11) is 0. The lowest BCUT2D eigenvalue weighted by Crippen LogP contribution is -2.07. The molecule has 4 heteroatoms. The van der Waals surface area contributed by atoms with Gasteiger partial charge in [0.1, 0.15) is 18.1 Å². The molecular formula is C22H37BrO3. The molecule has 1 rings (SSSR count). The summed E-state index contributed by atoms with van der Waals surface area (Å²) < 4.78 is 16.8. The van der Waals surface area contributed by atoms with Crippen molar-refractivity contribution in [3.05, 3.63) is 24.3 Å². The molecular weight excluding hydrogens is 392 g/mol. The third-order valence-corrected chi connectivity index (χ3v) is 4.63. The maximum atomic E-state index is 5.81. The predicted octanol–water partition coefficient (Wildman–Crippen LogP) is 6.78. The van der Waals surface area contributed by atoms with Crippen LogP contribution >= 0.6 is 15.9 Å². The number of hydrogen-bond donors (Lipinski definition) is 0. The highest BCUT2D eigenvalue weighted by Crippen LogP contribution is 2.18. The van der Waals surface area contributed by atoms with Crippen molar-refractivity contribution in [1.82, 2.24) is 0 Å². The number of rotatable bonds is 18. The van der Waals surface area contributed by atoms with Gasteiger partial charge < -0.3 is 14.2 Å². The van der Waals surface area contributed by atoms with E-state index in [1.165, 1.54) is 57.8 Å². The van der Waals surface area contributed by atoms with Crippen LogP contribution in [0.1, 0.15) is 71.1 Å². The molecule has 0 bridgehead atoms. The van der Waals surface area contributed by atoms with E-state index in [0.717, 1.165) is 36.5 Å². The molecule has 0 unspecified atom stereocenters. The topological polar surface area (TPSA) is 27.7 Å². The van der Waals surface area contributed by atoms with Gasteiger partial charge in [0.15, 0.2) is 0 Å². The van der Waals surface area contributed by atoms with E-state index in [-0.39, 0.29) is 0 Å². The maximum absolute atomic E-state index is 5.81. The third-order valence-electron chi connectivity index (χ3n) is 4.31. The second kappa shape index (κ2) is 17.7. The standard InChI is InChI=1S/C22H37BrO3/c1-2-3-4-5-6-7-8-9-10-11-17-25-21-12-14-22(15-13-21)26-20-19-24-18-16-23/h12-15H,2-11,16-20H2,1H3. The van der Waals surface area contributed by atoms with Crippen LogP contribution in [-0.4, -0.2) is 31.8 Å². The molecule has 3 nitrogen and oxygen atoms in total. The van der Waals surface area contributed by atoms with Crippen LogP contribution in [0, 0.1) is 0 Å². The van der Waals surface area contributed by atoms with E-state index < -0.39 is 0 Å². The van der Waals surface area contributed by atoms with Crippen molar-refractivity contribution in [3.63, 3.8) is 0 Å². The van der Waals surface area contributed by atoms with E-state index in [1.807, 2.05) is 24.3 Å². The Morgan fingerprint density at radius 3 is 1.65 bits per heavy atom. The van der Waals surface area contributed by atoms with Crippen molar-refractivity contribution in [1.29, 1.82) is 0 Å². The minimum Gasteiger partial charge on any atom is -0.494 e. The van der Waals surface area contributed by atoms with E-state index in [4.69, 9.17) is 14.2 Å².